The molecule has 2 atom stereocenters. The molecule has 0 aliphatic rings. The van der Waals surface area contributed by atoms with Gasteiger partial charge in [0.05, 0.1) is 17.2 Å². The summed E-state index contributed by atoms with van der Waals surface area (Å²) < 4.78 is 0. The number of carbonyl (C=O) groups excluding carboxylic acids is 1. The van der Waals surface area contributed by atoms with Crippen LogP contribution in [-0.2, 0) is 4.79 Å². The third-order valence-electron chi connectivity index (χ3n) is 2.79. The monoisotopic (exact) mass is 261 g/mol. The largest absolute Gasteiger partial charge is 0.481 e. The van der Waals surface area contributed by atoms with Crippen molar-refractivity contribution >= 4 is 17.7 Å². The maximum Gasteiger partial charge on any atom is 0.319 e. The van der Waals surface area contributed by atoms with Crippen LogP contribution in [-0.4, -0.2) is 23.1 Å². The Hall–Kier alpha value is -2.55. The normalized spacial score (nSPS) is 12.9. The number of nitriles is 1. The first-order valence-corrected chi connectivity index (χ1v) is 5.75. The van der Waals surface area contributed by atoms with E-state index in [4.69, 9.17) is 10.4 Å². The van der Waals surface area contributed by atoms with E-state index in [-0.39, 0.29) is 0 Å². The Morgan fingerprint density at radius 3 is 2.53 bits per heavy atom. The van der Waals surface area contributed by atoms with Crippen molar-refractivity contribution in [1.29, 1.82) is 5.26 Å². The van der Waals surface area contributed by atoms with Crippen molar-refractivity contribution in [2.45, 2.75) is 19.9 Å². The number of benzene rings is 1. The second-order valence-electron chi connectivity index (χ2n) is 4.17. The molecule has 1 rings (SSSR count). The molecule has 19 heavy (non-hydrogen) atoms. The summed E-state index contributed by atoms with van der Waals surface area (Å²) in [4.78, 5) is 22.5. The zero-order valence-corrected chi connectivity index (χ0v) is 10.7. The van der Waals surface area contributed by atoms with Gasteiger partial charge < -0.3 is 15.7 Å². The molecular formula is C13H15N3O3. The van der Waals surface area contributed by atoms with Crippen LogP contribution < -0.4 is 10.6 Å². The number of amides is 2. The van der Waals surface area contributed by atoms with Gasteiger partial charge in [0.15, 0.2) is 0 Å². The summed E-state index contributed by atoms with van der Waals surface area (Å²) in [6.45, 7) is 3.12. The molecule has 100 valence electrons. The van der Waals surface area contributed by atoms with Gasteiger partial charge in [-0.2, -0.15) is 5.26 Å². The molecule has 1 aromatic rings. The SMILES string of the molecule is CC(NC(=O)Nc1ccccc1C#N)C(C)C(=O)O. The van der Waals surface area contributed by atoms with E-state index in [2.05, 4.69) is 10.6 Å². The zero-order chi connectivity index (χ0) is 14.4. The van der Waals surface area contributed by atoms with Gasteiger partial charge in [0.25, 0.3) is 0 Å². The van der Waals surface area contributed by atoms with Crippen LogP contribution in [0.25, 0.3) is 0 Å². The molecular weight excluding hydrogens is 246 g/mol. The van der Waals surface area contributed by atoms with E-state index in [9.17, 15) is 9.59 Å². The summed E-state index contributed by atoms with van der Waals surface area (Å²) >= 11 is 0. The first-order valence-electron chi connectivity index (χ1n) is 5.75. The predicted octanol–water partition coefficient (Wildman–Crippen LogP) is 1.79. The first-order chi connectivity index (χ1) is 8.95. The van der Waals surface area contributed by atoms with Gasteiger partial charge in [0.1, 0.15) is 6.07 Å². The highest BCUT2D eigenvalue weighted by Crippen LogP contribution is 2.13. The molecule has 0 saturated heterocycles. The number of nitrogens with zero attached hydrogens (tertiary/aromatic N) is 1. The molecule has 0 aliphatic heterocycles. The zero-order valence-electron chi connectivity index (χ0n) is 10.7. The van der Waals surface area contributed by atoms with Crippen molar-refractivity contribution in [3.8, 4) is 6.07 Å². The maximum atomic E-state index is 11.7. The average Bonchev–Trinajstić information content (AvgIpc) is 2.38. The quantitative estimate of drug-likeness (QED) is 0.768. The second-order valence-corrected chi connectivity index (χ2v) is 4.17. The summed E-state index contributed by atoms with van der Waals surface area (Å²) in [6, 6.07) is 7.47. The number of para-hydroxylation sites is 1. The summed E-state index contributed by atoms with van der Waals surface area (Å²) in [6.07, 6.45) is 0. The Morgan fingerprint density at radius 2 is 1.95 bits per heavy atom. The van der Waals surface area contributed by atoms with Crippen LogP contribution in [0, 0.1) is 17.2 Å². The number of carbonyl (C=O) groups is 2. The fraction of sp³-hybridized carbons (Fsp3) is 0.308. The molecule has 0 aromatic heterocycles. The standard InChI is InChI=1S/C13H15N3O3/c1-8(12(17)18)9(2)15-13(19)16-11-6-4-3-5-10(11)7-14/h3-6,8-9H,1-2H3,(H,17,18)(H2,15,16,19). The Bertz CT molecular complexity index is 522. The minimum absolute atomic E-state index is 0.344. The molecule has 2 amide bonds. The number of anilines is 1. The topological polar surface area (TPSA) is 102 Å². The maximum absolute atomic E-state index is 11.7. The Morgan fingerprint density at radius 1 is 1.32 bits per heavy atom. The molecule has 0 aliphatic carbocycles. The molecule has 3 N–H and O–H groups in total. The molecule has 0 heterocycles. The molecule has 0 saturated carbocycles. The Kier molecular flexibility index (Phi) is 4.89. The number of urea groups is 1. The molecule has 6 heteroatoms. The molecule has 0 spiro atoms. The van der Waals surface area contributed by atoms with Gasteiger partial charge in [-0.1, -0.05) is 12.1 Å². The lowest BCUT2D eigenvalue weighted by Gasteiger charge is -2.18. The van der Waals surface area contributed by atoms with E-state index >= 15 is 0 Å². The highest BCUT2D eigenvalue weighted by atomic mass is 16.4. The van der Waals surface area contributed by atoms with Crippen LogP contribution in [0.4, 0.5) is 10.5 Å². The lowest BCUT2D eigenvalue weighted by Crippen LogP contribution is -2.42. The molecule has 0 radical (unpaired) electrons. The van der Waals surface area contributed by atoms with Gasteiger partial charge in [-0.15, -0.1) is 0 Å². The van der Waals surface area contributed by atoms with Gasteiger partial charge in [-0.05, 0) is 26.0 Å². The number of hydrogen-bond donors (Lipinski definition) is 3. The van der Waals surface area contributed by atoms with Crippen LogP contribution in [0.3, 0.4) is 0 Å². The van der Waals surface area contributed by atoms with E-state index in [0.717, 1.165) is 0 Å². The van der Waals surface area contributed by atoms with Crippen molar-refractivity contribution in [1.82, 2.24) is 5.32 Å². The van der Waals surface area contributed by atoms with Gasteiger partial charge in [-0.25, -0.2) is 4.79 Å². The predicted molar refractivity (Wildman–Crippen MR) is 69.6 cm³/mol. The lowest BCUT2D eigenvalue weighted by atomic mass is 10.0. The van der Waals surface area contributed by atoms with Crippen molar-refractivity contribution in [2.75, 3.05) is 5.32 Å². The van der Waals surface area contributed by atoms with Gasteiger partial charge in [0, 0.05) is 6.04 Å². The van der Waals surface area contributed by atoms with Crippen LogP contribution in [0.5, 0.6) is 0 Å². The summed E-state index contributed by atoms with van der Waals surface area (Å²) in [5.41, 5.74) is 0.731. The van der Waals surface area contributed by atoms with Gasteiger partial charge >= 0.3 is 12.0 Å². The summed E-state index contributed by atoms with van der Waals surface area (Å²) in [5.74, 6) is -1.68. The van der Waals surface area contributed by atoms with E-state index < -0.39 is 24.0 Å². The number of hydrogen-bond acceptors (Lipinski definition) is 3. The lowest BCUT2D eigenvalue weighted by molar-refractivity contribution is -0.141. The molecule has 0 fully saturated rings. The summed E-state index contributed by atoms with van der Waals surface area (Å²) in [7, 11) is 0. The third kappa shape index (κ3) is 4.00. The van der Waals surface area contributed by atoms with Crippen molar-refractivity contribution in [3.63, 3.8) is 0 Å². The number of carboxylic acid groups (broad SMARTS) is 1. The third-order valence-corrected chi connectivity index (χ3v) is 2.79. The van der Waals surface area contributed by atoms with Gasteiger partial charge in [0.2, 0.25) is 0 Å². The number of rotatable bonds is 4. The van der Waals surface area contributed by atoms with Crippen LogP contribution in [0.1, 0.15) is 19.4 Å². The van der Waals surface area contributed by atoms with Crippen molar-refractivity contribution in [2.24, 2.45) is 5.92 Å². The summed E-state index contributed by atoms with van der Waals surface area (Å²) in [5, 5.41) is 22.7. The van der Waals surface area contributed by atoms with E-state index in [1.54, 1.807) is 31.2 Å². The Balaban J connectivity index is 2.66. The first kappa shape index (κ1) is 14.5. The van der Waals surface area contributed by atoms with E-state index in [0.29, 0.717) is 11.3 Å². The molecule has 6 nitrogen and oxygen atoms in total. The van der Waals surface area contributed by atoms with Crippen LogP contribution in [0.2, 0.25) is 0 Å². The highest BCUT2D eigenvalue weighted by Gasteiger charge is 2.21. The van der Waals surface area contributed by atoms with Crippen molar-refractivity contribution in [3.05, 3.63) is 29.8 Å². The molecule has 0 bridgehead atoms. The average molecular weight is 261 g/mol. The minimum atomic E-state index is -0.981. The Labute approximate surface area is 111 Å². The molecule has 1 aromatic carbocycles. The van der Waals surface area contributed by atoms with E-state index in [1.807, 2.05) is 6.07 Å². The smallest absolute Gasteiger partial charge is 0.319 e. The second kappa shape index (κ2) is 6.40. The highest BCUT2D eigenvalue weighted by molar-refractivity contribution is 5.91. The van der Waals surface area contributed by atoms with E-state index in [1.165, 1.54) is 6.92 Å². The number of carboxylic acids is 1. The molecule has 2 unspecified atom stereocenters. The fourth-order valence-corrected chi connectivity index (χ4v) is 1.39. The minimum Gasteiger partial charge on any atom is -0.481 e. The number of aliphatic carboxylic acids is 1. The van der Waals surface area contributed by atoms with Gasteiger partial charge in [-0.3, -0.25) is 4.79 Å². The fourth-order valence-electron chi connectivity index (χ4n) is 1.39. The van der Waals surface area contributed by atoms with Crippen molar-refractivity contribution < 1.29 is 14.7 Å². The van der Waals surface area contributed by atoms with Crippen LogP contribution in [0.15, 0.2) is 24.3 Å². The van der Waals surface area contributed by atoms with Crippen LogP contribution >= 0.6 is 0 Å². The number of nitrogens with one attached hydrogen (secondary N) is 2.